The number of carbonyl (C=O) groups is 1. The Bertz CT molecular complexity index is 145. The van der Waals surface area contributed by atoms with Gasteiger partial charge in [0.05, 0.1) is 0 Å². The molecule has 0 rings (SSSR count). The first kappa shape index (κ1) is 13.3. The second kappa shape index (κ2) is 6.68. The zero-order valence-corrected chi connectivity index (χ0v) is 12.2. The number of ether oxygens (including phenoxy) is 1. The zero-order chi connectivity index (χ0) is 10.3. The third-order valence-corrected chi connectivity index (χ3v) is 18.9. The Kier molecular flexibility index (Phi) is 6.82. The van der Waals surface area contributed by atoms with Gasteiger partial charge in [-0.05, 0) is 0 Å². The van der Waals surface area contributed by atoms with Crippen molar-refractivity contribution < 1.29 is 9.53 Å². The number of rotatable bonds is 6. The summed E-state index contributed by atoms with van der Waals surface area (Å²) in [6, 6.07) is 0. The van der Waals surface area contributed by atoms with Crippen molar-refractivity contribution in [1.82, 2.24) is 0 Å². The summed E-state index contributed by atoms with van der Waals surface area (Å²) in [5, 5.41) is 0. The molecule has 0 fully saturated rings. The first-order valence-electron chi connectivity index (χ1n) is 5.29. The average Bonchev–Trinajstić information content (AvgIpc) is 2.15. The van der Waals surface area contributed by atoms with Crippen LogP contribution < -0.4 is 0 Å². The van der Waals surface area contributed by atoms with Crippen molar-refractivity contribution in [3.8, 4) is 0 Å². The van der Waals surface area contributed by atoms with Crippen LogP contribution in [-0.4, -0.2) is 31.0 Å². The van der Waals surface area contributed by atoms with Gasteiger partial charge in [-0.15, -0.1) is 0 Å². The molecule has 0 aliphatic carbocycles. The Hall–Kier alpha value is 0.269. The van der Waals surface area contributed by atoms with Crippen LogP contribution in [0, 0.1) is 0 Å². The molecule has 0 bridgehead atoms. The maximum absolute atomic E-state index is 11.4. The van der Waals surface area contributed by atoms with Crippen LogP contribution in [0.4, 0.5) is 0 Å². The van der Waals surface area contributed by atoms with Crippen molar-refractivity contribution in [3.63, 3.8) is 0 Å². The molecule has 0 unspecified atom stereocenters. The number of esters is 1. The molecule has 0 saturated carbocycles. The summed E-state index contributed by atoms with van der Waals surface area (Å²) < 4.78 is 9.59. The van der Waals surface area contributed by atoms with E-state index in [0.29, 0.717) is 6.61 Å². The number of hydrogen-bond acceptors (Lipinski definition) is 2. The summed E-state index contributed by atoms with van der Waals surface area (Å²) in [5.74, 6) is 0.0452. The van der Waals surface area contributed by atoms with Crippen molar-refractivity contribution >= 4 is 24.3 Å². The van der Waals surface area contributed by atoms with Gasteiger partial charge in [-0.2, -0.15) is 0 Å². The molecular weight excluding hydrogens is 271 g/mol. The second-order valence-electron chi connectivity index (χ2n) is 3.54. The molecule has 0 aliphatic heterocycles. The van der Waals surface area contributed by atoms with E-state index in [1.54, 1.807) is 0 Å². The standard InChI is InChI=1S/C4H7O2.3C2H5.Sn/c1-3-6-4(2)5;3*1-2;/h2-3H2,1H3;3*1H2,2H3;. The van der Waals surface area contributed by atoms with Crippen molar-refractivity contribution in [1.29, 1.82) is 0 Å². The van der Waals surface area contributed by atoms with Gasteiger partial charge in [0.15, 0.2) is 0 Å². The third-order valence-electron chi connectivity index (χ3n) is 3.07. The van der Waals surface area contributed by atoms with Crippen LogP contribution in [-0.2, 0) is 9.53 Å². The van der Waals surface area contributed by atoms with Crippen molar-refractivity contribution in [2.24, 2.45) is 0 Å². The molecule has 0 aromatic carbocycles. The second-order valence-corrected chi connectivity index (χ2v) is 19.2. The van der Waals surface area contributed by atoms with Crippen LogP contribution in [0.5, 0.6) is 0 Å². The Labute approximate surface area is 85.9 Å². The molecule has 78 valence electrons. The molecule has 2 nitrogen and oxygen atoms in total. The van der Waals surface area contributed by atoms with E-state index in [-0.39, 0.29) is 5.97 Å². The first-order valence-corrected chi connectivity index (χ1v) is 13.4. The van der Waals surface area contributed by atoms with Crippen LogP contribution in [0.15, 0.2) is 0 Å². The molecule has 0 radical (unpaired) electrons. The summed E-state index contributed by atoms with van der Waals surface area (Å²) >= 11 is -2.04. The van der Waals surface area contributed by atoms with Gasteiger partial charge in [0, 0.05) is 0 Å². The van der Waals surface area contributed by atoms with Crippen LogP contribution in [0.1, 0.15) is 27.7 Å². The van der Waals surface area contributed by atoms with Crippen molar-refractivity contribution in [2.45, 2.75) is 45.4 Å². The molecule has 0 N–H and O–H groups in total. The SMILES string of the molecule is CCOC(=O)[CH2][Sn]([CH2]C)([CH2]C)[CH2]C. The van der Waals surface area contributed by atoms with Crippen LogP contribution in [0.25, 0.3) is 0 Å². The summed E-state index contributed by atoms with van der Waals surface area (Å²) in [7, 11) is 0. The molecule has 0 aromatic heterocycles. The molecule has 0 aliphatic rings. The summed E-state index contributed by atoms with van der Waals surface area (Å²) in [6.45, 7) is 9.11. The Morgan fingerprint density at radius 1 is 1.08 bits per heavy atom. The summed E-state index contributed by atoms with van der Waals surface area (Å²) in [5.41, 5.74) is 0. The predicted octanol–water partition coefficient (Wildman–Crippen LogP) is 3.06. The van der Waals surface area contributed by atoms with E-state index in [4.69, 9.17) is 4.74 Å². The van der Waals surface area contributed by atoms with Gasteiger partial charge in [-0.3, -0.25) is 0 Å². The van der Waals surface area contributed by atoms with Gasteiger partial charge < -0.3 is 0 Å². The zero-order valence-electron chi connectivity index (χ0n) is 9.35. The van der Waals surface area contributed by atoms with E-state index < -0.39 is 18.4 Å². The van der Waals surface area contributed by atoms with Crippen molar-refractivity contribution in [2.75, 3.05) is 6.61 Å². The fraction of sp³-hybridized carbons (Fsp3) is 0.900. The van der Waals surface area contributed by atoms with Gasteiger partial charge in [0.1, 0.15) is 0 Å². The predicted molar refractivity (Wildman–Crippen MR) is 58.6 cm³/mol. The monoisotopic (exact) mass is 294 g/mol. The minimum absolute atomic E-state index is 0.0452. The molecule has 0 amide bonds. The third kappa shape index (κ3) is 4.34. The van der Waals surface area contributed by atoms with Gasteiger partial charge in [-0.25, -0.2) is 0 Å². The molecular formula is C10H22O2Sn. The summed E-state index contributed by atoms with van der Waals surface area (Å²) in [4.78, 5) is 11.4. The number of hydrogen-bond donors (Lipinski definition) is 0. The Morgan fingerprint density at radius 3 is 1.85 bits per heavy atom. The van der Waals surface area contributed by atoms with Gasteiger partial charge in [-0.1, -0.05) is 0 Å². The summed E-state index contributed by atoms with van der Waals surface area (Å²) in [6.07, 6.45) is 0. The van der Waals surface area contributed by atoms with E-state index in [9.17, 15) is 4.79 Å². The fourth-order valence-corrected chi connectivity index (χ4v) is 10.1. The van der Waals surface area contributed by atoms with E-state index in [1.807, 2.05) is 6.92 Å². The minimum atomic E-state index is -2.04. The molecule has 0 heterocycles. The number of carbonyl (C=O) groups excluding carboxylic acids is 1. The van der Waals surface area contributed by atoms with E-state index in [1.165, 1.54) is 13.3 Å². The molecule has 3 heteroatoms. The fourth-order valence-electron chi connectivity index (χ4n) is 1.64. The first-order chi connectivity index (χ1) is 6.14. The topological polar surface area (TPSA) is 26.3 Å². The van der Waals surface area contributed by atoms with Gasteiger partial charge in [0.25, 0.3) is 0 Å². The molecule has 0 aromatic rings. The molecule has 0 atom stereocenters. The van der Waals surface area contributed by atoms with Crippen LogP contribution in [0.3, 0.4) is 0 Å². The van der Waals surface area contributed by atoms with Crippen molar-refractivity contribution in [3.05, 3.63) is 0 Å². The normalized spacial score (nSPS) is 11.4. The maximum atomic E-state index is 11.4. The van der Waals surface area contributed by atoms with Gasteiger partial charge in [0.2, 0.25) is 0 Å². The van der Waals surface area contributed by atoms with Gasteiger partial charge >= 0.3 is 85.9 Å². The molecule has 13 heavy (non-hydrogen) atoms. The molecule has 0 saturated heterocycles. The van der Waals surface area contributed by atoms with E-state index >= 15 is 0 Å². The van der Waals surface area contributed by atoms with Crippen LogP contribution >= 0.6 is 0 Å². The molecule has 0 spiro atoms. The van der Waals surface area contributed by atoms with E-state index in [0.717, 1.165) is 4.44 Å². The Balaban J connectivity index is 4.16. The Morgan fingerprint density at radius 2 is 1.54 bits per heavy atom. The van der Waals surface area contributed by atoms with E-state index in [2.05, 4.69) is 20.8 Å². The average molecular weight is 293 g/mol. The quantitative estimate of drug-likeness (QED) is 0.556. The van der Waals surface area contributed by atoms with Crippen LogP contribution in [0.2, 0.25) is 17.7 Å².